The predicted octanol–water partition coefficient (Wildman–Crippen LogP) is 8.71. The molecule has 0 aliphatic rings. The van der Waals surface area contributed by atoms with Crippen molar-refractivity contribution >= 4 is 0 Å². The average Bonchev–Trinajstić information content (AvgIpc) is 3.55. The first-order valence-corrected chi connectivity index (χ1v) is 13.7. The lowest BCUT2D eigenvalue weighted by atomic mass is 10.1. The molecule has 0 aliphatic carbocycles. The van der Waals surface area contributed by atoms with Crippen molar-refractivity contribution in [3.8, 4) is 12.3 Å². The molecule has 0 aliphatic heterocycles. The number of nitrogens with zero attached hydrogens (tertiary/aromatic N) is 6. The molecule has 0 radical (unpaired) electrons. The standard InChI is InChI=1S/C10H10.C9H9N3.C9H12.C7H7N3/c1-2-3-7-10-8-5-4-6-9-10;1-2-4-9(5-3-1)8-12-7-6-10-11-12;1-2-6-9-7-4-3-5-8-9;8-10-9-6-7-4-2-1-3-5-7/h1,4-6,8-9H,3,7H2;1-7H,8H2;3-5,7-8H,2,6H2,1H3;1-5H,6H2. The van der Waals surface area contributed by atoms with Crippen LogP contribution in [0.25, 0.3) is 10.4 Å². The van der Waals surface area contributed by atoms with Crippen LogP contribution in [0.15, 0.2) is 139 Å². The van der Waals surface area contributed by atoms with Gasteiger partial charge in [-0.3, -0.25) is 0 Å². The maximum Gasteiger partial charge on any atom is 0.0693 e. The van der Waals surface area contributed by atoms with E-state index in [1.54, 1.807) is 10.9 Å². The van der Waals surface area contributed by atoms with Gasteiger partial charge in [0.15, 0.2) is 0 Å². The van der Waals surface area contributed by atoms with Crippen molar-refractivity contribution in [2.24, 2.45) is 5.11 Å². The summed E-state index contributed by atoms with van der Waals surface area (Å²) in [5.41, 5.74) is 13.0. The number of hydrogen-bond acceptors (Lipinski definition) is 3. The molecule has 6 heteroatoms. The van der Waals surface area contributed by atoms with Crippen molar-refractivity contribution in [1.82, 2.24) is 15.0 Å². The summed E-state index contributed by atoms with van der Waals surface area (Å²) in [5.74, 6) is 2.62. The number of rotatable bonds is 8. The Morgan fingerprint density at radius 1 is 0.732 bits per heavy atom. The third kappa shape index (κ3) is 15.8. The van der Waals surface area contributed by atoms with Gasteiger partial charge in [-0.15, -0.1) is 17.4 Å². The molecule has 0 fully saturated rings. The quantitative estimate of drug-likeness (QED) is 0.0850. The summed E-state index contributed by atoms with van der Waals surface area (Å²) in [5, 5.41) is 11.0. The molecule has 1 heterocycles. The summed E-state index contributed by atoms with van der Waals surface area (Å²) in [6.45, 7) is 3.44. The SMILES string of the molecule is C#CCCc1ccccc1.CCCc1ccccc1.[N-]=[N+]=NCc1ccccc1.c1ccc(Cn2ccnn2)cc1. The van der Waals surface area contributed by atoms with Gasteiger partial charge in [-0.2, -0.15) is 0 Å². The maximum absolute atomic E-state index is 7.99. The van der Waals surface area contributed by atoms with Crippen molar-refractivity contribution in [3.05, 3.63) is 166 Å². The summed E-state index contributed by atoms with van der Waals surface area (Å²) in [6.07, 6.45) is 12.9. The van der Waals surface area contributed by atoms with Crippen LogP contribution >= 0.6 is 0 Å². The minimum absolute atomic E-state index is 0.442. The van der Waals surface area contributed by atoms with E-state index in [0.717, 1.165) is 24.9 Å². The zero-order valence-corrected chi connectivity index (χ0v) is 23.7. The van der Waals surface area contributed by atoms with Crippen LogP contribution in [-0.4, -0.2) is 15.0 Å². The Morgan fingerprint density at radius 2 is 1.22 bits per heavy atom. The summed E-state index contributed by atoms with van der Waals surface area (Å²) in [4.78, 5) is 2.66. The predicted molar refractivity (Wildman–Crippen MR) is 169 cm³/mol. The minimum atomic E-state index is 0.442. The molecule has 0 amide bonds. The molecule has 4 aromatic carbocycles. The number of aryl methyl sites for hydroxylation is 2. The largest absolute Gasteiger partial charge is 0.248 e. The lowest BCUT2D eigenvalue weighted by Crippen LogP contribution is -1.99. The molecule has 0 saturated heterocycles. The van der Waals surface area contributed by atoms with Gasteiger partial charge in [0.2, 0.25) is 0 Å². The highest BCUT2D eigenvalue weighted by Gasteiger charge is 1.92. The molecule has 0 unspecified atom stereocenters. The third-order valence-corrected chi connectivity index (χ3v) is 5.60. The van der Waals surface area contributed by atoms with Gasteiger partial charge < -0.3 is 0 Å². The van der Waals surface area contributed by atoms with Gasteiger partial charge in [0.1, 0.15) is 0 Å². The average molecular weight is 543 g/mol. The first-order valence-electron chi connectivity index (χ1n) is 13.7. The Kier molecular flexibility index (Phi) is 17.1. The molecule has 0 N–H and O–H groups in total. The van der Waals surface area contributed by atoms with E-state index < -0.39 is 0 Å². The van der Waals surface area contributed by atoms with Crippen LogP contribution < -0.4 is 0 Å². The molecule has 5 rings (SSSR count). The van der Waals surface area contributed by atoms with Crippen LogP contribution in [-0.2, 0) is 25.9 Å². The maximum atomic E-state index is 7.99. The number of terminal acetylenes is 1. The Hall–Kier alpha value is -5.11. The van der Waals surface area contributed by atoms with Gasteiger partial charge in [0, 0.05) is 17.5 Å². The topological polar surface area (TPSA) is 79.5 Å². The second-order valence-electron chi connectivity index (χ2n) is 8.89. The van der Waals surface area contributed by atoms with Crippen molar-refractivity contribution in [3.63, 3.8) is 0 Å². The molecule has 41 heavy (non-hydrogen) atoms. The molecule has 0 atom stereocenters. The van der Waals surface area contributed by atoms with E-state index in [2.05, 4.69) is 87.8 Å². The molecule has 0 spiro atoms. The van der Waals surface area contributed by atoms with Crippen LogP contribution in [0.5, 0.6) is 0 Å². The lowest BCUT2D eigenvalue weighted by Gasteiger charge is -1.98. The van der Waals surface area contributed by atoms with Crippen molar-refractivity contribution in [1.29, 1.82) is 0 Å². The van der Waals surface area contributed by atoms with Gasteiger partial charge in [-0.05, 0) is 40.6 Å². The van der Waals surface area contributed by atoms with E-state index in [1.165, 1.54) is 29.5 Å². The highest BCUT2D eigenvalue weighted by atomic mass is 15.4. The number of hydrogen-bond donors (Lipinski definition) is 0. The fourth-order valence-electron chi connectivity index (χ4n) is 3.58. The fraction of sp³-hybridized carbons (Fsp3) is 0.200. The normalized spacial score (nSPS) is 9.17. The highest BCUT2D eigenvalue weighted by Crippen LogP contribution is 2.02. The van der Waals surface area contributed by atoms with Gasteiger partial charge >= 0.3 is 0 Å². The zero-order valence-electron chi connectivity index (χ0n) is 23.7. The van der Waals surface area contributed by atoms with Crippen LogP contribution in [0, 0.1) is 12.3 Å². The minimum Gasteiger partial charge on any atom is -0.248 e. The van der Waals surface area contributed by atoms with Crippen molar-refractivity contribution < 1.29 is 0 Å². The van der Waals surface area contributed by atoms with Gasteiger partial charge in [0.25, 0.3) is 0 Å². The monoisotopic (exact) mass is 542 g/mol. The molecular formula is C35H38N6. The molecule has 208 valence electrons. The van der Waals surface area contributed by atoms with E-state index in [-0.39, 0.29) is 0 Å². The van der Waals surface area contributed by atoms with Crippen LogP contribution in [0.4, 0.5) is 0 Å². The smallest absolute Gasteiger partial charge is 0.0693 e. The Bertz CT molecular complexity index is 1380. The molecule has 0 bridgehead atoms. The summed E-state index contributed by atoms with van der Waals surface area (Å²) in [6, 6.07) is 40.6. The van der Waals surface area contributed by atoms with Crippen LogP contribution in [0.1, 0.15) is 42.0 Å². The second kappa shape index (κ2) is 21.8. The Balaban J connectivity index is 0.000000192. The number of aromatic nitrogens is 3. The van der Waals surface area contributed by atoms with Crippen LogP contribution in [0.2, 0.25) is 0 Å². The fourth-order valence-corrected chi connectivity index (χ4v) is 3.58. The first-order chi connectivity index (χ1) is 20.2. The first kappa shape index (κ1) is 32.1. The van der Waals surface area contributed by atoms with E-state index in [4.69, 9.17) is 12.0 Å². The lowest BCUT2D eigenvalue weighted by molar-refractivity contribution is 0.649. The van der Waals surface area contributed by atoms with Gasteiger partial charge in [-0.1, -0.05) is 145 Å². The Morgan fingerprint density at radius 3 is 1.66 bits per heavy atom. The zero-order chi connectivity index (χ0) is 29.2. The summed E-state index contributed by atoms with van der Waals surface area (Å²) >= 11 is 0. The molecular weight excluding hydrogens is 504 g/mol. The number of benzene rings is 4. The van der Waals surface area contributed by atoms with Crippen molar-refractivity contribution in [2.45, 2.75) is 45.7 Å². The molecule has 5 aromatic rings. The highest BCUT2D eigenvalue weighted by molar-refractivity contribution is 5.17. The van der Waals surface area contributed by atoms with E-state index >= 15 is 0 Å². The summed E-state index contributed by atoms with van der Waals surface area (Å²) < 4.78 is 1.80. The Labute approximate surface area is 244 Å². The van der Waals surface area contributed by atoms with E-state index in [9.17, 15) is 0 Å². The second-order valence-corrected chi connectivity index (χ2v) is 8.89. The molecule has 6 nitrogen and oxygen atoms in total. The van der Waals surface area contributed by atoms with Crippen LogP contribution in [0.3, 0.4) is 0 Å². The van der Waals surface area contributed by atoms with E-state index in [0.29, 0.717) is 6.54 Å². The molecule has 0 saturated carbocycles. The summed E-state index contributed by atoms with van der Waals surface area (Å²) in [7, 11) is 0. The molecule has 1 aromatic heterocycles. The van der Waals surface area contributed by atoms with Gasteiger partial charge in [-0.25, -0.2) is 4.68 Å². The third-order valence-electron chi connectivity index (χ3n) is 5.60. The van der Waals surface area contributed by atoms with E-state index in [1.807, 2.05) is 72.9 Å². The van der Waals surface area contributed by atoms with Gasteiger partial charge in [0.05, 0.1) is 19.3 Å². The number of azide groups is 1. The van der Waals surface area contributed by atoms with Crippen molar-refractivity contribution in [2.75, 3.05) is 0 Å².